The number of methoxy groups -OCH3 is 1. The van der Waals surface area contributed by atoms with Gasteiger partial charge in [0.15, 0.2) is 5.82 Å². The maximum atomic E-state index is 13.1. The Morgan fingerprint density at radius 3 is 2.34 bits per heavy atom. The number of hydrogen-bond donors (Lipinski definition) is 1. The molecule has 7 heteroatoms. The molecule has 1 saturated carbocycles. The third-order valence-electron chi connectivity index (χ3n) is 5.64. The van der Waals surface area contributed by atoms with E-state index < -0.39 is 5.41 Å². The molecule has 1 aliphatic carbocycles. The van der Waals surface area contributed by atoms with Crippen molar-refractivity contribution in [2.75, 3.05) is 12.4 Å². The highest BCUT2D eigenvalue weighted by molar-refractivity contribution is 6.01. The Labute approximate surface area is 185 Å². The first kappa shape index (κ1) is 19.8. The number of carbonyl (C=O) groups excluding carboxylic acids is 1. The van der Waals surface area contributed by atoms with Crippen molar-refractivity contribution in [2.45, 2.75) is 18.3 Å². The van der Waals surface area contributed by atoms with Crippen LogP contribution in [0.2, 0.25) is 0 Å². The van der Waals surface area contributed by atoms with Crippen LogP contribution in [-0.4, -0.2) is 27.8 Å². The Hall–Kier alpha value is -4.13. The van der Waals surface area contributed by atoms with Gasteiger partial charge in [0, 0.05) is 29.7 Å². The molecule has 1 N–H and O–H groups in total. The van der Waals surface area contributed by atoms with E-state index in [0.717, 1.165) is 24.2 Å². The molecule has 5 rings (SSSR count). The van der Waals surface area contributed by atoms with Gasteiger partial charge >= 0.3 is 0 Å². The molecule has 0 unspecified atom stereocenters. The van der Waals surface area contributed by atoms with Crippen molar-refractivity contribution in [1.82, 2.24) is 14.8 Å². The van der Waals surface area contributed by atoms with Crippen LogP contribution in [0.3, 0.4) is 0 Å². The van der Waals surface area contributed by atoms with E-state index in [1.807, 2.05) is 71.6 Å². The van der Waals surface area contributed by atoms with Crippen molar-refractivity contribution >= 4 is 11.6 Å². The molecule has 2 heterocycles. The average Bonchev–Trinajstić information content (AvgIpc) is 3.47. The van der Waals surface area contributed by atoms with E-state index in [4.69, 9.17) is 9.47 Å². The van der Waals surface area contributed by atoms with Gasteiger partial charge in [-0.25, -0.2) is 0 Å². The molecule has 7 nitrogen and oxygen atoms in total. The molecule has 1 fully saturated rings. The molecule has 1 amide bonds. The molecule has 0 spiro atoms. The molecule has 4 aromatic rings. The molecule has 2 aromatic carbocycles. The minimum absolute atomic E-state index is 0.0258. The predicted molar refractivity (Wildman–Crippen MR) is 120 cm³/mol. The van der Waals surface area contributed by atoms with E-state index in [1.165, 1.54) is 0 Å². The first-order valence-corrected chi connectivity index (χ1v) is 10.4. The van der Waals surface area contributed by atoms with Crippen molar-refractivity contribution in [3.05, 3.63) is 90.8 Å². The molecular formula is C25H22N4O3. The Balaban J connectivity index is 1.25. The molecule has 0 aliphatic heterocycles. The number of rotatable bonds is 7. The lowest BCUT2D eigenvalue weighted by Gasteiger charge is -2.18. The van der Waals surface area contributed by atoms with Crippen LogP contribution in [-0.2, 0) is 10.2 Å². The van der Waals surface area contributed by atoms with Gasteiger partial charge in [-0.15, -0.1) is 10.2 Å². The smallest absolute Gasteiger partial charge is 0.238 e. The van der Waals surface area contributed by atoms with Gasteiger partial charge in [-0.2, -0.15) is 0 Å². The van der Waals surface area contributed by atoms with Gasteiger partial charge in [-0.05, 0) is 61.4 Å². The summed E-state index contributed by atoms with van der Waals surface area (Å²) < 4.78 is 13.1. The summed E-state index contributed by atoms with van der Waals surface area (Å²) in [5.74, 6) is 2.43. The fourth-order valence-electron chi connectivity index (χ4n) is 3.75. The van der Waals surface area contributed by atoms with Crippen molar-refractivity contribution in [2.24, 2.45) is 0 Å². The number of benzene rings is 2. The summed E-state index contributed by atoms with van der Waals surface area (Å²) >= 11 is 0. The second-order valence-corrected chi connectivity index (χ2v) is 7.68. The predicted octanol–water partition coefficient (Wildman–Crippen LogP) is 4.74. The largest absolute Gasteiger partial charge is 0.496 e. The molecule has 0 bridgehead atoms. The van der Waals surface area contributed by atoms with E-state index in [9.17, 15) is 4.79 Å². The number of para-hydroxylation sites is 1. The summed E-state index contributed by atoms with van der Waals surface area (Å²) in [6, 6.07) is 22.4. The fraction of sp³-hybridized carbons (Fsp3) is 0.160. The van der Waals surface area contributed by atoms with Crippen LogP contribution in [0.4, 0.5) is 5.69 Å². The molecule has 160 valence electrons. The highest BCUT2D eigenvalue weighted by Gasteiger charge is 2.52. The number of nitrogens with one attached hydrogen (secondary N) is 1. The summed E-state index contributed by atoms with van der Waals surface area (Å²) in [7, 11) is 1.63. The van der Waals surface area contributed by atoms with Crippen molar-refractivity contribution in [3.8, 4) is 23.2 Å². The topological polar surface area (TPSA) is 78.3 Å². The molecule has 0 atom stereocenters. The van der Waals surface area contributed by atoms with Crippen molar-refractivity contribution < 1.29 is 14.3 Å². The summed E-state index contributed by atoms with van der Waals surface area (Å²) in [6.45, 7) is 0. The van der Waals surface area contributed by atoms with E-state index in [0.29, 0.717) is 23.1 Å². The van der Waals surface area contributed by atoms with Crippen molar-refractivity contribution in [1.29, 1.82) is 0 Å². The number of hydrogen-bond acceptors (Lipinski definition) is 5. The normalized spacial score (nSPS) is 13.9. The zero-order chi connectivity index (χ0) is 22.0. The van der Waals surface area contributed by atoms with Gasteiger partial charge in [-0.1, -0.05) is 18.2 Å². The first-order chi connectivity index (χ1) is 15.7. The first-order valence-electron chi connectivity index (χ1n) is 10.4. The van der Waals surface area contributed by atoms with E-state index >= 15 is 0 Å². The Morgan fingerprint density at radius 1 is 0.938 bits per heavy atom. The number of nitrogens with zero attached hydrogens (tertiary/aromatic N) is 3. The maximum absolute atomic E-state index is 13.1. The lowest BCUT2D eigenvalue weighted by molar-refractivity contribution is -0.118. The van der Waals surface area contributed by atoms with E-state index in [2.05, 4.69) is 15.5 Å². The molecule has 0 saturated heterocycles. The quantitative estimate of drug-likeness (QED) is 0.462. The van der Waals surface area contributed by atoms with Crippen LogP contribution in [0.5, 0.6) is 17.4 Å². The summed E-state index contributed by atoms with van der Waals surface area (Å²) in [5, 5.41) is 11.3. The van der Waals surface area contributed by atoms with Crippen LogP contribution in [0.25, 0.3) is 5.82 Å². The average molecular weight is 426 g/mol. The molecule has 0 radical (unpaired) electrons. The Morgan fingerprint density at radius 2 is 1.69 bits per heavy atom. The molecule has 1 aliphatic rings. The fourth-order valence-corrected chi connectivity index (χ4v) is 3.75. The van der Waals surface area contributed by atoms with Crippen LogP contribution < -0.4 is 14.8 Å². The monoisotopic (exact) mass is 426 g/mol. The number of anilines is 1. The zero-order valence-corrected chi connectivity index (χ0v) is 17.6. The second kappa shape index (κ2) is 8.19. The molecule has 2 aromatic heterocycles. The third kappa shape index (κ3) is 3.80. The van der Waals surface area contributed by atoms with Gasteiger partial charge < -0.3 is 19.4 Å². The number of aromatic nitrogens is 3. The van der Waals surface area contributed by atoms with Gasteiger partial charge in [0.05, 0.1) is 12.5 Å². The highest BCUT2D eigenvalue weighted by atomic mass is 16.5. The van der Waals surface area contributed by atoms with Crippen LogP contribution >= 0.6 is 0 Å². The number of ether oxygens (including phenoxy) is 2. The number of amides is 1. The SMILES string of the molecule is COc1ccccc1C1(C(=O)Nc2ccc(Oc3ccc(-n4cccc4)nn3)cc2)CC1. The highest BCUT2D eigenvalue weighted by Crippen LogP contribution is 2.52. The van der Waals surface area contributed by atoms with Gasteiger partial charge in [0.25, 0.3) is 0 Å². The van der Waals surface area contributed by atoms with Gasteiger partial charge in [0.1, 0.15) is 11.5 Å². The van der Waals surface area contributed by atoms with Gasteiger partial charge in [0.2, 0.25) is 11.8 Å². The van der Waals surface area contributed by atoms with Crippen LogP contribution in [0, 0.1) is 0 Å². The van der Waals surface area contributed by atoms with E-state index in [-0.39, 0.29) is 5.91 Å². The molecular weight excluding hydrogens is 404 g/mol. The van der Waals surface area contributed by atoms with Gasteiger partial charge in [-0.3, -0.25) is 4.79 Å². The summed E-state index contributed by atoms with van der Waals surface area (Å²) in [4.78, 5) is 13.1. The second-order valence-electron chi connectivity index (χ2n) is 7.68. The summed E-state index contributed by atoms with van der Waals surface area (Å²) in [5.41, 5.74) is 1.11. The lowest BCUT2D eigenvalue weighted by atomic mass is 9.94. The summed E-state index contributed by atoms with van der Waals surface area (Å²) in [6.07, 6.45) is 5.41. The van der Waals surface area contributed by atoms with Crippen molar-refractivity contribution in [3.63, 3.8) is 0 Å². The maximum Gasteiger partial charge on any atom is 0.238 e. The lowest BCUT2D eigenvalue weighted by Crippen LogP contribution is -2.28. The van der Waals surface area contributed by atoms with Crippen LogP contribution in [0.15, 0.2) is 85.2 Å². The third-order valence-corrected chi connectivity index (χ3v) is 5.64. The molecule has 32 heavy (non-hydrogen) atoms. The standard InChI is InChI=1S/C25H22N4O3/c1-31-21-7-3-2-6-20(21)25(14-15-25)24(30)26-18-8-10-19(11-9-18)32-23-13-12-22(27-28-23)29-16-4-5-17-29/h2-13,16-17H,14-15H2,1H3,(H,26,30). The zero-order valence-electron chi connectivity index (χ0n) is 17.6. The van der Waals surface area contributed by atoms with E-state index in [1.54, 1.807) is 25.3 Å². The van der Waals surface area contributed by atoms with Crippen LogP contribution in [0.1, 0.15) is 18.4 Å². The number of carbonyl (C=O) groups is 1. The minimum atomic E-state index is -0.529. The Bertz CT molecular complexity index is 1220. The minimum Gasteiger partial charge on any atom is -0.496 e. The Kier molecular flexibility index (Phi) is 5.07.